The van der Waals surface area contributed by atoms with Gasteiger partial charge in [0.05, 0.1) is 17.2 Å². The molecule has 1 aromatic heterocycles. The SMILES string of the molecule is Cc1nc(C(=O)NC2CCCCC2C(=O)O)ccc1C#N. The summed E-state index contributed by atoms with van der Waals surface area (Å²) in [4.78, 5) is 27.5. The van der Waals surface area contributed by atoms with Crippen molar-refractivity contribution in [1.82, 2.24) is 10.3 Å². The van der Waals surface area contributed by atoms with Gasteiger partial charge in [0.15, 0.2) is 0 Å². The van der Waals surface area contributed by atoms with Crippen molar-refractivity contribution in [2.75, 3.05) is 0 Å². The van der Waals surface area contributed by atoms with Crippen LogP contribution in [0.15, 0.2) is 12.1 Å². The first-order valence-electron chi connectivity index (χ1n) is 6.94. The Hall–Kier alpha value is -2.42. The van der Waals surface area contributed by atoms with E-state index in [1.54, 1.807) is 13.0 Å². The quantitative estimate of drug-likeness (QED) is 0.879. The third-order valence-electron chi connectivity index (χ3n) is 3.84. The first-order valence-corrected chi connectivity index (χ1v) is 6.94. The summed E-state index contributed by atoms with van der Waals surface area (Å²) < 4.78 is 0. The fraction of sp³-hybridized carbons (Fsp3) is 0.467. The summed E-state index contributed by atoms with van der Waals surface area (Å²) in [6.45, 7) is 1.66. The van der Waals surface area contributed by atoms with Crippen molar-refractivity contribution in [3.05, 3.63) is 29.1 Å². The third-order valence-corrected chi connectivity index (χ3v) is 3.84. The van der Waals surface area contributed by atoms with Crippen LogP contribution in [-0.2, 0) is 4.79 Å². The largest absolute Gasteiger partial charge is 0.481 e. The van der Waals surface area contributed by atoms with Crippen LogP contribution in [0.1, 0.15) is 47.4 Å². The molecule has 1 aromatic rings. The maximum atomic E-state index is 12.2. The smallest absolute Gasteiger partial charge is 0.308 e. The highest BCUT2D eigenvalue weighted by molar-refractivity contribution is 5.93. The molecule has 1 aliphatic rings. The minimum atomic E-state index is -0.871. The van der Waals surface area contributed by atoms with E-state index >= 15 is 0 Å². The van der Waals surface area contributed by atoms with Crippen molar-refractivity contribution >= 4 is 11.9 Å². The van der Waals surface area contributed by atoms with Crippen LogP contribution < -0.4 is 5.32 Å². The minimum absolute atomic E-state index is 0.209. The molecule has 2 N–H and O–H groups in total. The van der Waals surface area contributed by atoms with Crippen LogP contribution in [0.25, 0.3) is 0 Å². The van der Waals surface area contributed by atoms with E-state index in [1.807, 2.05) is 6.07 Å². The van der Waals surface area contributed by atoms with E-state index in [9.17, 15) is 14.7 Å². The Morgan fingerprint density at radius 2 is 2.10 bits per heavy atom. The van der Waals surface area contributed by atoms with E-state index in [4.69, 9.17) is 5.26 Å². The van der Waals surface area contributed by atoms with Gasteiger partial charge in [-0.05, 0) is 31.9 Å². The zero-order valence-electron chi connectivity index (χ0n) is 11.8. The molecule has 1 saturated carbocycles. The van der Waals surface area contributed by atoms with Gasteiger partial charge < -0.3 is 10.4 Å². The van der Waals surface area contributed by atoms with Crippen LogP contribution in [0, 0.1) is 24.2 Å². The molecule has 2 atom stereocenters. The number of nitriles is 1. The van der Waals surface area contributed by atoms with Crippen molar-refractivity contribution in [3.63, 3.8) is 0 Å². The maximum Gasteiger partial charge on any atom is 0.308 e. The number of aryl methyl sites for hydroxylation is 1. The Morgan fingerprint density at radius 3 is 2.71 bits per heavy atom. The predicted molar refractivity (Wildman–Crippen MR) is 74.5 cm³/mol. The third kappa shape index (κ3) is 3.37. The minimum Gasteiger partial charge on any atom is -0.481 e. The number of hydrogen-bond acceptors (Lipinski definition) is 4. The fourth-order valence-electron chi connectivity index (χ4n) is 2.65. The molecule has 1 heterocycles. The standard InChI is InChI=1S/C15H17N3O3/c1-9-10(8-16)6-7-13(17-9)14(19)18-12-5-3-2-4-11(12)15(20)21/h6-7,11-12H,2-5H2,1H3,(H,18,19)(H,20,21). The van der Waals surface area contributed by atoms with E-state index in [2.05, 4.69) is 10.3 Å². The van der Waals surface area contributed by atoms with Crippen molar-refractivity contribution in [1.29, 1.82) is 5.26 Å². The summed E-state index contributed by atoms with van der Waals surface area (Å²) in [7, 11) is 0. The van der Waals surface area contributed by atoms with Gasteiger partial charge in [0.2, 0.25) is 0 Å². The number of nitrogens with zero attached hydrogens (tertiary/aromatic N) is 2. The molecule has 0 spiro atoms. The van der Waals surface area contributed by atoms with Crippen LogP contribution >= 0.6 is 0 Å². The van der Waals surface area contributed by atoms with Crippen molar-refractivity contribution in [3.8, 4) is 6.07 Å². The van der Waals surface area contributed by atoms with Gasteiger partial charge in [-0.25, -0.2) is 4.98 Å². The van der Waals surface area contributed by atoms with Gasteiger partial charge in [-0.3, -0.25) is 9.59 Å². The monoisotopic (exact) mass is 287 g/mol. The highest BCUT2D eigenvalue weighted by Crippen LogP contribution is 2.25. The number of amides is 1. The number of aliphatic carboxylic acids is 1. The normalized spacial score (nSPS) is 21.3. The Kier molecular flexibility index (Phi) is 4.53. The second-order valence-corrected chi connectivity index (χ2v) is 5.25. The summed E-state index contributed by atoms with van der Waals surface area (Å²) in [6, 6.07) is 4.67. The lowest BCUT2D eigenvalue weighted by molar-refractivity contribution is -0.143. The Labute approximate surface area is 122 Å². The summed E-state index contributed by atoms with van der Waals surface area (Å²) in [5, 5.41) is 20.8. The first-order chi connectivity index (χ1) is 10.0. The lowest BCUT2D eigenvalue weighted by atomic mass is 9.84. The van der Waals surface area contributed by atoms with Gasteiger partial charge in [0.25, 0.3) is 5.91 Å². The zero-order valence-corrected chi connectivity index (χ0v) is 11.8. The van der Waals surface area contributed by atoms with Crippen LogP contribution in [0.2, 0.25) is 0 Å². The number of carbonyl (C=O) groups excluding carboxylic acids is 1. The Morgan fingerprint density at radius 1 is 1.38 bits per heavy atom. The van der Waals surface area contributed by atoms with Crippen LogP contribution in [0.3, 0.4) is 0 Å². The van der Waals surface area contributed by atoms with E-state index < -0.39 is 11.9 Å². The van der Waals surface area contributed by atoms with Crippen LogP contribution in [0.5, 0.6) is 0 Å². The number of carboxylic acid groups (broad SMARTS) is 1. The second-order valence-electron chi connectivity index (χ2n) is 5.25. The fourth-order valence-corrected chi connectivity index (χ4v) is 2.65. The van der Waals surface area contributed by atoms with E-state index in [1.165, 1.54) is 6.07 Å². The van der Waals surface area contributed by atoms with E-state index in [0.29, 0.717) is 24.1 Å². The molecule has 0 saturated heterocycles. The molecule has 2 unspecified atom stereocenters. The number of aromatic nitrogens is 1. The van der Waals surface area contributed by atoms with Crippen molar-refractivity contribution in [2.45, 2.75) is 38.6 Å². The highest BCUT2D eigenvalue weighted by atomic mass is 16.4. The summed E-state index contributed by atoms with van der Waals surface area (Å²) in [6.07, 6.45) is 3.03. The molecule has 110 valence electrons. The summed E-state index contributed by atoms with van der Waals surface area (Å²) >= 11 is 0. The number of nitrogens with one attached hydrogen (secondary N) is 1. The molecule has 2 rings (SSSR count). The van der Waals surface area contributed by atoms with Gasteiger partial charge in [-0.15, -0.1) is 0 Å². The molecule has 1 aliphatic carbocycles. The van der Waals surface area contributed by atoms with E-state index in [0.717, 1.165) is 12.8 Å². The average Bonchev–Trinajstić information content (AvgIpc) is 2.47. The second kappa shape index (κ2) is 6.35. The molecule has 21 heavy (non-hydrogen) atoms. The lowest BCUT2D eigenvalue weighted by Crippen LogP contribution is -2.45. The van der Waals surface area contributed by atoms with Gasteiger partial charge in [0, 0.05) is 6.04 Å². The molecule has 0 bridgehead atoms. The topological polar surface area (TPSA) is 103 Å². The van der Waals surface area contributed by atoms with Gasteiger partial charge in [-0.2, -0.15) is 5.26 Å². The van der Waals surface area contributed by atoms with Gasteiger partial charge >= 0.3 is 5.97 Å². The number of hydrogen-bond donors (Lipinski definition) is 2. The molecular weight excluding hydrogens is 270 g/mol. The molecule has 0 aromatic carbocycles. The molecule has 6 heteroatoms. The molecule has 0 aliphatic heterocycles. The van der Waals surface area contributed by atoms with Crippen LogP contribution in [0.4, 0.5) is 0 Å². The number of pyridine rings is 1. The summed E-state index contributed by atoms with van der Waals surface area (Å²) in [5.74, 6) is -1.80. The lowest BCUT2D eigenvalue weighted by Gasteiger charge is -2.29. The average molecular weight is 287 g/mol. The molecule has 6 nitrogen and oxygen atoms in total. The van der Waals surface area contributed by atoms with Gasteiger partial charge in [-0.1, -0.05) is 12.8 Å². The zero-order chi connectivity index (χ0) is 15.4. The number of carboxylic acids is 1. The maximum absolute atomic E-state index is 12.2. The van der Waals surface area contributed by atoms with Crippen LogP contribution in [-0.4, -0.2) is 28.0 Å². The van der Waals surface area contributed by atoms with Crippen molar-refractivity contribution in [2.24, 2.45) is 5.92 Å². The predicted octanol–water partition coefficient (Wildman–Crippen LogP) is 1.63. The van der Waals surface area contributed by atoms with Crippen molar-refractivity contribution < 1.29 is 14.7 Å². The molecule has 0 radical (unpaired) electrons. The molecular formula is C15H17N3O3. The highest BCUT2D eigenvalue weighted by Gasteiger charge is 2.32. The van der Waals surface area contributed by atoms with E-state index in [-0.39, 0.29) is 17.6 Å². The Bertz CT molecular complexity index is 607. The van der Waals surface area contributed by atoms with Gasteiger partial charge in [0.1, 0.15) is 11.8 Å². The number of carbonyl (C=O) groups is 2. The molecule has 1 fully saturated rings. The summed E-state index contributed by atoms with van der Waals surface area (Å²) in [5.41, 5.74) is 1.12. The first kappa shape index (κ1) is 15.0. The molecule has 1 amide bonds. The number of rotatable bonds is 3. The Balaban J connectivity index is 2.11.